The summed E-state index contributed by atoms with van der Waals surface area (Å²) in [5.74, 6) is 0.641. The minimum absolute atomic E-state index is 0.0385. The minimum atomic E-state index is -3.60. The van der Waals surface area contributed by atoms with E-state index in [0.29, 0.717) is 5.75 Å². The van der Waals surface area contributed by atoms with Crippen LogP contribution in [0.15, 0.2) is 59.8 Å². The first-order valence-electron chi connectivity index (χ1n) is 7.90. The molecule has 0 saturated heterocycles. The first-order valence-corrected chi connectivity index (χ1v) is 9.38. The highest BCUT2D eigenvalue weighted by atomic mass is 32.2. The van der Waals surface area contributed by atoms with Crippen molar-refractivity contribution in [3.05, 3.63) is 60.4 Å². The van der Waals surface area contributed by atoms with Gasteiger partial charge in [-0.3, -0.25) is 9.97 Å². The highest BCUT2D eigenvalue weighted by Gasteiger charge is 2.14. The lowest BCUT2D eigenvalue weighted by molar-refractivity contribution is 0.242. The highest BCUT2D eigenvalue weighted by Crippen LogP contribution is 2.18. The molecular formula is C18H19N3O3S. The fourth-order valence-corrected chi connectivity index (χ4v) is 3.37. The van der Waals surface area contributed by atoms with E-state index in [-0.39, 0.29) is 17.5 Å². The van der Waals surface area contributed by atoms with E-state index in [1.165, 1.54) is 12.1 Å². The maximum Gasteiger partial charge on any atom is 0.240 e. The number of hydrogen-bond donors (Lipinski definition) is 1. The van der Waals surface area contributed by atoms with Gasteiger partial charge in [-0.15, -0.1) is 0 Å². The summed E-state index contributed by atoms with van der Waals surface area (Å²) in [6, 6.07) is 11.9. The summed E-state index contributed by atoms with van der Waals surface area (Å²) >= 11 is 0. The molecule has 25 heavy (non-hydrogen) atoms. The molecule has 0 amide bonds. The first kappa shape index (κ1) is 17.3. The van der Waals surface area contributed by atoms with Crippen molar-refractivity contribution in [2.45, 2.75) is 31.4 Å². The Morgan fingerprint density at radius 1 is 1.00 bits per heavy atom. The molecule has 0 aliphatic heterocycles. The van der Waals surface area contributed by atoms with E-state index in [1.807, 2.05) is 32.0 Å². The van der Waals surface area contributed by atoms with Crippen molar-refractivity contribution in [1.82, 2.24) is 14.7 Å². The van der Waals surface area contributed by atoms with Gasteiger partial charge in [-0.2, -0.15) is 0 Å². The summed E-state index contributed by atoms with van der Waals surface area (Å²) in [6.07, 6.45) is 3.27. The van der Waals surface area contributed by atoms with E-state index in [4.69, 9.17) is 4.74 Å². The molecule has 0 unspecified atom stereocenters. The predicted molar refractivity (Wildman–Crippen MR) is 95.8 cm³/mol. The van der Waals surface area contributed by atoms with E-state index in [1.54, 1.807) is 24.5 Å². The van der Waals surface area contributed by atoms with Gasteiger partial charge in [0.25, 0.3) is 0 Å². The quantitative estimate of drug-likeness (QED) is 0.734. The molecule has 2 aromatic carbocycles. The monoisotopic (exact) mass is 357 g/mol. The minimum Gasteiger partial charge on any atom is -0.491 e. The van der Waals surface area contributed by atoms with Gasteiger partial charge in [0, 0.05) is 18.9 Å². The zero-order valence-corrected chi connectivity index (χ0v) is 14.8. The summed E-state index contributed by atoms with van der Waals surface area (Å²) < 4.78 is 33.0. The summed E-state index contributed by atoms with van der Waals surface area (Å²) in [7, 11) is -3.60. The van der Waals surface area contributed by atoms with Gasteiger partial charge >= 0.3 is 0 Å². The van der Waals surface area contributed by atoms with E-state index in [9.17, 15) is 8.42 Å². The van der Waals surface area contributed by atoms with Crippen LogP contribution in [0.1, 0.15) is 19.4 Å². The van der Waals surface area contributed by atoms with Gasteiger partial charge in [-0.1, -0.05) is 6.07 Å². The standard InChI is InChI=1S/C18H19N3O3S/c1-13(2)24-15-4-6-16(7-5-15)25(22,23)21-12-14-3-8-17-18(11-14)20-10-9-19-17/h3-11,13,21H,12H2,1-2H3. The summed E-state index contributed by atoms with van der Waals surface area (Å²) in [5.41, 5.74) is 2.32. The molecule has 0 spiro atoms. The SMILES string of the molecule is CC(C)Oc1ccc(S(=O)(=O)NCc2ccc3nccnc3c2)cc1. The Balaban J connectivity index is 1.72. The van der Waals surface area contributed by atoms with Gasteiger partial charge in [-0.25, -0.2) is 13.1 Å². The Labute approximate surface area is 146 Å². The van der Waals surface area contributed by atoms with E-state index < -0.39 is 10.0 Å². The molecule has 1 aromatic heterocycles. The van der Waals surface area contributed by atoms with Crippen LogP contribution in [0.25, 0.3) is 11.0 Å². The Kier molecular flexibility index (Phi) is 4.96. The summed E-state index contributed by atoms with van der Waals surface area (Å²) in [5, 5.41) is 0. The number of benzene rings is 2. The van der Waals surface area contributed by atoms with Crippen molar-refractivity contribution in [1.29, 1.82) is 0 Å². The molecular weight excluding hydrogens is 338 g/mol. The topological polar surface area (TPSA) is 81.2 Å². The average molecular weight is 357 g/mol. The number of sulfonamides is 1. The van der Waals surface area contributed by atoms with Crippen LogP contribution in [-0.2, 0) is 16.6 Å². The Hall–Kier alpha value is -2.51. The van der Waals surface area contributed by atoms with E-state index in [2.05, 4.69) is 14.7 Å². The number of nitrogens with zero attached hydrogens (tertiary/aromatic N) is 2. The third kappa shape index (κ3) is 4.32. The van der Waals surface area contributed by atoms with E-state index in [0.717, 1.165) is 16.6 Å². The van der Waals surface area contributed by atoms with Crippen molar-refractivity contribution in [3.63, 3.8) is 0 Å². The molecule has 0 fully saturated rings. The second kappa shape index (κ2) is 7.16. The number of ether oxygens (including phenoxy) is 1. The molecule has 0 radical (unpaired) electrons. The second-order valence-electron chi connectivity index (χ2n) is 5.84. The number of nitrogens with one attached hydrogen (secondary N) is 1. The Bertz CT molecular complexity index is 970. The van der Waals surface area contributed by atoms with Crippen LogP contribution in [0, 0.1) is 0 Å². The number of hydrogen-bond acceptors (Lipinski definition) is 5. The van der Waals surface area contributed by atoms with Crippen LogP contribution < -0.4 is 9.46 Å². The molecule has 0 saturated carbocycles. The van der Waals surface area contributed by atoms with Crippen LogP contribution in [-0.4, -0.2) is 24.5 Å². The smallest absolute Gasteiger partial charge is 0.240 e. The maximum absolute atomic E-state index is 12.4. The third-order valence-corrected chi connectivity index (χ3v) is 4.92. The van der Waals surface area contributed by atoms with Crippen molar-refractivity contribution in [2.24, 2.45) is 0 Å². The average Bonchev–Trinajstić information content (AvgIpc) is 2.60. The normalized spacial score (nSPS) is 11.8. The molecule has 6 nitrogen and oxygen atoms in total. The molecule has 0 bridgehead atoms. The highest BCUT2D eigenvalue weighted by molar-refractivity contribution is 7.89. The Morgan fingerprint density at radius 3 is 2.36 bits per heavy atom. The summed E-state index contributed by atoms with van der Waals surface area (Å²) in [6.45, 7) is 4.01. The number of fused-ring (bicyclic) bond motifs is 1. The molecule has 1 N–H and O–H groups in total. The largest absolute Gasteiger partial charge is 0.491 e. The zero-order valence-electron chi connectivity index (χ0n) is 14.0. The van der Waals surface area contributed by atoms with Gasteiger partial charge < -0.3 is 4.74 Å². The predicted octanol–water partition coefficient (Wildman–Crippen LogP) is 2.90. The molecule has 0 aliphatic carbocycles. The first-order chi connectivity index (χ1) is 11.9. The third-order valence-electron chi connectivity index (χ3n) is 3.51. The molecule has 1 heterocycles. The fourth-order valence-electron chi connectivity index (χ4n) is 2.35. The zero-order chi connectivity index (χ0) is 17.9. The molecule has 3 rings (SSSR count). The molecule has 0 atom stereocenters. The molecule has 0 aliphatic rings. The lowest BCUT2D eigenvalue weighted by atomic mass is 10.2. The Morgan fingerprint density at radius 2 is 1.68 bits per heavy atom. The van der Waals surface area contributed by atoms with Crippen LogP contribution in [0.5, 0.6) is 5.75 Å². The fraction of sp³-hybridized carbons (Fsp3) is 0.222. The van der Waals surface area contributed by atoms with Gasteiger partial charge in [0.1, 0.15) is 5.75 Å². The van der Waals surface area contributed by atoms with E-state index >= 15 is 0 Å². The second-order valence-corrected chi connectivity index (χ2v) is 7.61. The van der Waals surface area contributed by atoms with Gasteiger partial charge in [-0.05, 0) is 55.8 Å². The summed E-state index contributed by atoms with van der Waals surface area (Å²) in [4.78, 5) is 8.62. The number of rotatable bonds is 6. The van der Waals surface area contributed by atoms with Crippen molar-refractivity contribution in [3.8, 4) is 5.75 Å². The van der Waals surface area contributed by atoms with Crippen molar-refractivity contribution in [2.75, 3.05) is 0 Å². The molecule has 3 aromatic rings. The van der Waals surface area contributed by atoms with Crippen LogP contribution in [0.4, 0.5) is 0 Å². The van der Waals surface area contributed by atoms with Crippen LogP contribution in [0.3, 0.4) is 0 Å². The lowest BCUT2D eigenvalue weighted by Crippen LogP contribution is -2.23. The lowest BCUT2D eigenvalue weighted by Gasteiger charge is -2.11. The number of aromatic nitrogens is 2. The van der Waals surface area contributed by atoms with Gasteiger partial charge in [0.15, 0.2) is 0 Å². The van der Waals surface area contributed by atoms with Gasteiger partial charge in [0.05, 0.1) is 22.0 Å². The van der Waals surface area contributed by atoms with Crippen LogP contribution >= 0.6 is 0 Å². The van der Waals surface area contributed by atoms with Crippen molar-refractivity contribution >= 4 is 21.1 Å². The molecule has 130 valence electrons. The van der Waals surface area contributed by atoms with Crippen LogP contribution in [0.2, 0.25) is 0 Å². The van der Waals surface area contributed by atoms with Gasteiger partial charge in [0.2, 0.25) is 10.0 Å². The molecule has 7 heteroatoms. The van der Waals surface area contributed by atoms with Crippen molar-refractivity contribution < 1.29 is 13.2 Å². The maximum atomic E-state index is 12.4.